The molecule has 1 aliphatic carbocycles. The molecule has 102 valence electrons. The van der Waals surface area contributed by atoms with Crippen LogP contribution < -0.4 is 4.90 Å². The number of nitrogens with zero attached hydrogens (tertiary/aromatic N) is 2. The predicted octanol–water partition coefficient (Wildman–Crippen LogP) is 3.21. The molecule has 0 spiro atoms. The van der Waals surface area contributed by atoms with Crippen LogP contribution in [-0.2, 0) is 13.0 Å². The third kappa shape index (κ3) is 2.69. The Morgan fingerprint density at radius 3 is 2.67 bits per heavy atom. The largest absolute Gasteiger partial charge is 0.391 e. The van der Waals surface area contributed by atoms with E-state index in [1.165, 1.54) is 25.7 Å². The first kappa shape index (κ1) is 13.8. The van der Waals surface area contributed by atoms with E-state index in [1.807, 2.05) is 0 Å². The lowest BCUT2D eigenvalue weighted by Crippen LogP contribution is -2.38. The highest BCUT2D eigenvalue weighted by Gasteiger charge is 2.27. The van der Waals surface area contributed by atoms with Gasteiger partial charge in [-0.15, -0.1) is 0 Å². The lowest BCUT2D eigenvalue weighted by atomic mass is 9.85. The van der Waals surface area contributed by atoms with Crippen molar-refractivity contribution in [2.75, 3.05) is 11.9 Å². The maximum atomic E-state index is 9.36. The highest BCUT2D eigenvalue weighted by molar-refractivity contribution is 7.15. The minimum Gasteiger partial charge on any atom is -0.391 e. The van der Waals surface area contributed by atoms with Crippen LogP contribution in [0.15, 0.2) is 0 Å². The van der Waals surface area contributed by atoms with E-state index < -0.39 is 0 Å². The first-order valence-electron chi connectivity index (χ1n) is 6.99. The van der Waals surface area contributed by atoms with Crippen LogP contribution in [0.3, 0.4) is 0 Å². The molecule has 0 bridgehead atoms. The monoisotopic (exact) mass is 268 g/mol. The van der Waals surface area contributed by atoms with E-state index in [2.05, 4.69) is 25.8 Å². The Kier molecular flexibility index (Phi) is 4.62. The van der Waals surface area contributed by atoms with Crippen LogP contribution in [-0.4, -0.2) is 23.2 Å². The molecule has 0 saturated heterocycles. The molecule has 1 fully saturated rings. The molecule has 4 heteroatoms. The molecule has 1 aliphatic rings. The first-order valence-corrected chi connectivity index (χ1v) is 7.81. The smallest absolute Gasteiger partial charge is 0.185 e. The topological polar surface area (TPSA) is 36.4 Å². The SMILES string of the molecule is CCc1nc(N(C)C2CCCCC2C)sc1CO. The van der Waals surface area contributed by atoms with E-state index in [0.29, 0.717) is 6.04 Å². The van der Waals surface area contributed by atoms with Crippen molar-refractivity contribution < 1.29 is 5.11 Å². The zero-order valence-electron chi connectivity index (χ0n) is 11.6. The van der Waals surface area contributed by atoms with Crippen molar-refractivity contribution in [2.24, 2.45) is 5.92 Å². The van der Waals surface area contributed by atoms with Gasteiger partial charge < -0.3 is 10.0 Å². The summed E-state index contributed by atoms with van der Waals surface area (Å²) >= 11 is 1.65. The summed E-state index contributed by atoms with van der Waals surface area (Å²) in [7, 11) is 2.16. The molecule has 0 aromatic carbocycles. The maximum absolute atomic E-state index is 9.36. The van der Waals surface area contributed by atoms with Crippen LogP contribution in [0.2, 0.25) is 0 Å². The zero-order valence-corrected chi connectivity index (χ0v) is 12.5. The average Bonchev–Trinajstić information content (AvgIpc) is 2.81. The zero-order chi connectivity index (χ0) is 13.1. The van der Waals surface area contributed by atoms with Crippen molar-refractivity contribution in [1.82, 2.24) is 4.98 Å². The van der Waals surface area contributed by atoms with Gasteiger partial charge in [-0.3, -0.25) is 0 Å². The maximum Gasteiger partial charge on any atom is 0.185 e. The summed E-state index contributed by atoms with van der Waals surface area (Å²) in [6.07, 6.45) is 6.20. The Morgan fingerprint density at radius 2 is 2.11 bits per heavy atom. The van der Waals surface area contributed by atoms with E-state index in [4.69, 9.17) is 4.98 Å². The van der Waals surface area contributed by atoms with E-state index in [9.17, 15) is 5.11 Å². The third-order valence-corrected chi connectivity index (χ3v) is 5.28. The number of rotatable bonds is 4. The molecule has 2 rings (SSSR count). The fraction of sp³-hybridized carbons (Fsp3) is 0.786. The molecule has 1 saturated carbocycles. The number of hydrogen-bond acceptors (Lipinski definition) is 4. The van der Waals surface area contributed by atoms with Gasteiger partial charge in [0.2, 0.25) is 0 Å². The predicted molar refractivity (Wildman–Crippen MR) is 77.2 cm³/mol. The lowest BCUT2D eigenvalue weighted by Gasteiger charge is -2.36. The minimum atomic E-state index is 0.120. The molecule has 3 nitrogen and oxygen atoms in total. The molecule has 2 atom stereocenters. The average molecular weight is 268 g/mol. The number of aliphatic hydroxyl groups is 1. The van der Waals surface area contributed by atoms with E-state index in [1.54, 1.807) is 11.3 Å². The van der Waals surface area contributed by atoms with Crippen LogP contribution in [0, 0.1) is 5.92 Å². The Hall–Kier alpha value is -0.610. The Bertz CT molecular complexity index is 370. The van der Waals surface area contributed by atoms with Gasteiger partial charge >= 0.3 is 0 Å². The van der Waals surface area contributed by atoms with Crippen molar-refractivity contribution in [3.05, 3.63) is 10.6 Å². The van der Waals surface area contributed by atoms with Gasteiger partial charge in [0.1, 0.15) is 0 Å². The van der Waals surface area contributed by atoms with Crippen molar-refractivity contribution in [2.45, 2.75) is 58.6 Å². The van der Waals surface area contributed by atoms with Crippen LogP contribution in [0.5, 0.6) is 0 Å². The standard InChI is InChI=1S/C14H24N2OS/c1-4-11-13(9-17)18-14(15-11)16(3)12-8-6-5-7-10(12)2/h10,12,17H,4-9H2,1-3H3. The fourth-order valence-electron chi connectivity index (χ4n) is 2.93. The second-order valence-electron chi connectivity index (χ2n) is 5.32. The lowest BCUT2D eigenvalue weighted by molar-refractivity contribution is 0.284. The summed E-state index contributed by atoms with van der Waals surface area (Å²) in [4.78, 5) is 8.06. The van der Waals surface area contributed by atoms with Crippen LogP contribution in [0.1, 0.15) is 50.1 Å². The molecule has 1 heterocycles. The van der Waals surface area contributed by atoms with Gasteiger partial charge in [-0.25, -0.2) is 4.98 Å². The molecular formula is C14H24N2OS. The van der Waals surface area contributed by atoms with Crippen LogP contribution in [0.4, 0.5) is 5.13 Å². The molecule has 0 aliphatic heterocycles. The molecule has 18 heavy (non-hydrogen) atoms. The number of aryl methyl sites for hydroxylation is 1. The Morgan fingerprint density at radius 1 is 1.39 bits per heavy atom. The molecule has 1 N–H and O–H groups in total. The Balaban J connectivity index is 2.16. The third-order valence-electron chi connectivity index (χ3n) is 4.11. The molecule has 2 unspecified atom stereocenters. The van der Waals surface area contributed by atoms with Crippen LogP contribution in [0.25, 0.3) is 0 Å². The highest BCUT2D eigenvalue weighted by atomic mass is 32.1. The highest BCUT2D eigenvalue weighted by Crippen LogP contribution is 2.33. The van der Waals surface area contributed by atoms with Gasteiger partial charge in [-0.2, -0.15) is 0 Å². The summed E-state index contributed by atoms with van der Waals surface area (Å²) in [6, 6.07) is 0.612. The Labute approximate surface area is 114 Å². The summed E-state index contributed by atoms with van der Waals surface area (Å²) < 4.78 is 0. The quantitative estimate of drug-likeness (QED) is 0.911. The number of aromatic nitrogens is 1. The van der Waals surface area contributed by atoms with Gasteiger partial charge in [0.05, 0.1) is 17.2 Å². The van der Waals surface area contributed by atoms with Gasteiger partial charge in [-0.1, -0.05) is 38.0 Å². The number of hydrogen-bond donors (Lipinski definition) is 1. The molecule has 0 radical (unpaired) electrons. The van der Waals surface area contributed by atoms with Crippen molar-refractivity contribution in [1.29, 1.82) is 0 Å². The summed E-state index contributed by atoms with van der Waals surface area (Å²) in [5, 5.41) is 10.4. The van der Waals surface area contributed by atoms with Gasteiger partial charge in [-0.05, 0) is 25.2 Å². The van der Waals surface area contributed by atoms with E-state index >= 15 is 0 Å². The number of aliphatic hydroxyl groups excluding tert-OH is 1. The molecular weight excluding hydrogens is 244 g/mol. The second kappa shape index (κ2) is 6.02. The number of thiazole rings is 1. The summed E-state index contributed by atoms with van der Waals surface area (Å²) in [5.41, 5.74) is 1.06. The van der Waals surface area contributed by atoms with E-state index in [0.717, 1.165) is 28.0 Å². The normalized spacial score (nSPS) is 24.2. The molecule has 1 aromatic rings. The van der Waals surface area contributed by atoms with Crippen molar-refractivity contribution in [3.63, 3.8) is 0 Å². The summed E-state index contributed by atoms with van der Waals surface area (Å²) in [6.45, 7) is 4.57. The van der Waals surface area contributed by atoms with Gasteiger partial charge in [0, 0.05) is 13.1 Å². The van der Waals surface area contributed by atoms with Gasteiger partial charge in [0.25, 0.3) is 0 Å². The van der Waals surface area contributed by atoms with Crippen LogP contribution >= 0.6 is 11.3 Å². The summed E-state index contributed by atoms with van der Waals surface area (Å²) in [5.74, 6) is 0.746. The fourth-order valence-corrected chi connectivity index (χ4v) is 3.96. The number of anilines is 1. The van der Waals surface area contributed by atoms with Crippen molar-refractivity contribution >= 4 is 16.5 Å². The second-order valence-corrected chi connectivity index (χ2v) is 6.38. The van der Waals surface area contributed by atoms with E-state index in [-0.39, 0.29) is 6.61 Å². The molecule has 0 amide bonds. The van der Waals surface area contributed by atoms with Crippen molar-refractivity contribution in [3.8, 4) is 0 Å². The molecule has 1 aromatic heterocycles. The van der Waals surface area contributed by atoms with Gasteiger partial charge in [0.15, 0.2) is 5.13 Å². The minimum absolute atomic E-state index is 0.120. The first-order chi connectivity index (χ1) is 8.67.